The van der Waals surface area contributed by atoms with Crippen molar-refractivity contribution in [2.24, 2.45) is 17.1 Å². The van der Waals surface area contributed by atoms with Gasteiger partial charge in [0.25, 0.3) is 5.91 Å². The molecule has 7 nitrogen and oxygen atoms in total. The van der Waals surface area contributed by atoms with Crippen LogP contribution in [0.15, 0.2) is 30.3 Å². The molecule has 0 radical (unpaired) electrons. The average molecular weight is 423 g/mol. The van der Waals surface area contributed by atoms with Crippen LogP contribution in [0.4, 0.5) is 4.79 Å². The van der Waals surface area contributed by atoms with Gasteiger partial charge in [-0.25, -0.2) is 4.79 Å². The van der Waals surface area contributed by atoms with E-state index in [-0.39, 0.29) is 42.9 Å². The zero-order chi connectivity index (χ0) is 20.5. The van der Waals surface area contributed by atoms with Gasteiger partial charge in [-0.2, -0.15) is 0 Å². The van der Waals surface area contributed by atoms with E-state index < -0.39 is 17.5 Å². The van der Waals surface area contributed by atoms with Crippen LogP contribution in [0.5, 0.6) is 0 Å². The number of carbonyl (C=O) groups is 3. The summed E-state index contributed by atoms with van der Waals surface area (Å²) in [6, 6.07) is 8.62. The van der Waals surface area contributed by atoms with Crippen molar-refractivity contribution in [3.8, 4) is 0 Å². The highest BCUT2D eigenvalue weighted by Crippen LogP contribution is 2.46. The standard InChI is InChI=1S/C21H30N4O3.ClH/c1-14-9-20(2,3)13-21(10-14)18(27)25(19(28)24-21)12-17(26)23-11-16(22)15-7-5-4-6-8-15;/h4-8,14,16H,9-13,22H2,1-3H3,(H,23,26)(H,24,28);1H. The van der Waals surface area contributed by atoms with Gasteiger partial charge in [0.15, 0.2) is 0 Å². The van der Waals surface area contributed by atoms with Gasteiger partial charge in [-0.3, -0.25) is 14.5 Å². The first-order valence-corrected chi connectivity index (χ1v) is 9.83. The van der Waals surface area contributed by atoms with Gasteiger partial charge < -0.3 is 16.4 Å². The monoisotopic (exact) mass is 422 g/mol. The number of halogens is 1. The van der Waals surface area contributed by atoms with Crippen LogP contribution >= 0.6 is 12.4 Å². The number of nitrogens with zero attached hydrogens (tertiary/aromatic N) is 1. The first kappa shape index (κ1) is 23.2. The molecule has 1 aromatic rings. The molecule has 2 fully saturated rings. The third-order valence-electron chi connectivity index (χ3n) is 5.67. The number of benzene rings is 1. The third-order valence-corrected chi connectivity index (χ3v) is 5.67. The predicted molar refractivity (Wildman–Crippen MR) is 113 cm³/mol. The number of hydrogen-bond donors (Lipinski definition) is 3. The van der Waals surface area contributed by atoms with Gasteiger partial charge in [-0.15, -0.1) is 12.4 Å². The van der Waals surface area contributed by atoms with Crippen molar-refractivity contribution in [2.45, 2.75) is 51.6 Å². The second-order valence-corrected chi connectivity index (χ2v) is 9.08. The van der Waals surface area contributed by atoms with E-state index in [0.29, 0.717) is 18.8 Å². The van der Waals surface area contributed by atoms with Crippen LogP contribution in [0.25, 0.3) is 0 Å². The number of urea groups is 1. The third kappa shape index (κ3) is 5.08. The number of carbonyl (C=O) groups excluding carboxylic acids is 3. The fourth-order valence-electron chi connectivity index (χ4n) is 4.89. The maximum Gasteiger partial charge on any atom is 0.325 e. The number of nitrogens with one attached hydrogen (secondary N) is 2. The largest absolute Gasteiger partial charge is 0.353 e. The lowest BCUT2D eigenvalue weighted by atomic mass is 9.64. The molecule has 1 aromatic carbocycles. The van der Waals surface area contributed by atoms with Crippen LogP contribution in [0.3, 0.4) is 0 Å². The summed E-state index contributed by atoms with van der Waals surface area (Å²) in [6.07, 6.45) is 2.21. The quantitative estimate of drug-likeness (QED) is 0.633. The van der Waals surface area contributed by atoms with Crippen molar-refractivity contribution in [1.29, 1.82) is 0 Å². The predicted octanol–water partition coefficient (Wildman–Crippen LogP) is 2.36. The van der Waals surface area contributed by atoms with Crippen LogP contribution in [0.2, 0.25) is 0 Å². The lowest BCUT2D eigenvalue weighted by molar-refractivity contribution is -0.137. The number of rotatable bonds is 5. The highest BCUT2D eigenvalue weighted by molar-refractivity contribution is 6.09. The van der Waals surface area contributed by atoms with E-state index in [4.69, 9.17) is 5.73 Å². The summed E-state index contributed by atoms with van der Waals surface area (Å²) in [5.41, 5.74) is 6.07. The molecule has 3 rings (SSSR count). The molecule has 3 unspecified atom stereocenters. The highest BCUT2D eigenvalue weighted by atomic mass is 35.5. The Labute approximate surface area is 178 Å². The van der Waals surface area contributed by atoms with Crippen molar-refractivity contribution in [3.63, 3.8) is 0 Å². The summed E-state index contributed by atoms with van der Waals surface area (Å²) in [4.78, 5) is 38.9. The first-order chi connectivity index (χ1) is 13.1. The molecule has 4 N–H and O–H groups in total. The van der Waals surface area contributed by atoms with Gasteiger partial charge in [0.2, 0.25) is 5.91 Å². The van der Waals surface area contributed by atoms with E-state index in [1.165, 1.54) is 0 Å². The molecule has 1 saturated carbocycles. The molecule has 1 spiro atoms. The molecule has 3 atom stereocenters. The normalized spacial score (nSPS) is 26.6. The molecular weight excluding hydrogens is 392 g/mol. The molecule has 1 aliphatic carbocycles. The van der Waals surface area contributed by atoms with Gasteiger partial charge in [0, 0.05) is 12.6 Å². The Morgan fingerprint density at radius 1 is 1.28 bits per heavy atom. The summed E-state index contributed by atoms with van der Waals surface area (Å²) in [6.45, 7) is 6.28. The molecule has 0 bridgehead atoms. The maximum atomic E-state index is 13.1. The van der Waals surface area contributed by atoms with Gasteiger partial charge in [0.1, 0.15) is 12.1 Å². The van der Waals surface area contributed by atoms with Crippen LogP contribution in [0, 0.1) is 11.3 Å². The Bertz CT molecular complexity index is 770. The minimum absolute atomic E-state index is 0. The summed E-state index contributed by atoms with van der Waals surface area (Å²) in [7, 11) is 0. The Morgan fingerprint density at radius 2 is 1.93 bits per heavy atom. The molecule has 8 heteroatoms. The summed E-state index contributed by atoms with van der Waals surface area (Å²) >= 11 is 0. The van der Waals surface area contributed by atoms with Gasteiger partial charge in [-0.05, 0) is 36.2 Å². The van der Waals surface area contributed by atoms with Crippen molar-refractivity contribution in [2.75, 3.05) is 13.1 Å². The SMILES string of the molecule is CC1CC(C)(C)CC2(C1)NC(=O)N(CC(=O)NCC(N)c1ccccc1)C2=O.Cl. The topological polar surface area (TPSA) is 105 Å². The van der Waals surface area contributed by atoms with Crippen molar-refractivity contribution < 1.29 is 14.4 Å². The zero-order valence-electron chi connectivity index (χ0n) is 17.2. The zero-order valence-corrected chi connectivity index (χ0v) is 18.1. The number of nitrogens with two attached hydrogens (primary N) is 1. The fraction of sp³-hybridized carbons (Fsp3) is 0.571. The average Bonchev–Trinajstić information content (AvgIpc) is 2.82. The van der Waals surface area contributed by atoms with Crippen LogP contribution in [-0.4, -0.2) is 41.4 Å². The molecule has 0 aromatic heterocycles. The van der Waals surface area contributed by atoms with Crippen LogP contribution in [0.1, 0.15) is 51.6 Å². The number of hydrogen-bond acceptors (Lipinski definition) is 4. The molecular formula is C21H31ClN4O3. The van der Waals surface area contributed by atoms with E-state index >= 15 is 0 Å². The lowest BCUT2D eigenvalue weighted by Gasteiger charge is -2.43. The lowest BCUT2D eigenvalue weighted by Crippen LogP contribution is -2.54. The first-order valence-electron chi connectivity index (χ1n) is 9.83. The maximum absolute atomic E-state index is 13.1. The van der Waals surface area contributed by atoms with E-state index in [2.05, 4.69) is 31.4 Å². The van der Waals surface area contributed by atoms with Gasteiger partial charge in [0.05, 0.1) is 0 Å². The van der Waals surface area contributed by atoms with Gasteiger partial charge >= 0.3 is 6.03 Å². The summed E-state index contributed by atoms with van der Waals surface area (Å²) in [5, 5.41) is 5.61. The Kier molecular flexibility index (Phi) is 6.96. The van der Waals surface area contributed by atoms with Gasteiger partial charge in [-0.1, -0.05) is 51.1 Å². The Balaban J connectivity index is 0.00000300. The Hall–Kier alpha value is -2.12. The second kappa shape index (κ2) is 8.71. The van der Waals surface area contributed by atoms with Crippen molar-refractivity contribution in [3.05, 3.63) is 35.9 Å². The second-order valence-electron chi connectivity index (χ2n) is 9.08. The number of amides is 4. The molecule has 1 saturated heterocycles. The van der Waals surface area contributed by atoms with Crippen LogP contribution in [-0.2, 0) is 9.59 Å². The molecule has 4 amide bonds. The van der Waals surface area contributed by atoms with E-state index in [1.54, 1.807) is 0 Å². The van der Waals surface area contributed by atoms with Crippen LogP contribution < -0.4 is 16.4 Å². The minimum atomic E-state index is -0.890. The van der Waals surface area contributed by atoms with Crippen molar-refractivity contribution >= 4 is 30.3 Å². The molecule has 1 aliphatic heterocycles. The fourth-order valence-corrected chi connectivity index (χ4v) is 4.89. The molecule has 1 heterocycles. The molecule has 2 aliphatic rings. The molecule has 29 heavy (non-hydrogen) atoms. The van der Waals surface area contributed by atoms with Crippen molar-refractivity contribution in [1.82, 2.24) is 15.5 Å². The van der Waals surface area contributed by atoms with E-state index in [9.17, 15) is 14.4 Å². The number of imide groups is 1. The Morgan fingerprint density at radius 3 is 2.55 bits per heavy atom. The van der Waals surface area contributed by atoms with E-state index in [1.807, 2.05) is 30.3 Å². The summed E-state index contributed by atoms with van der Waals surface area (Å²) < 4.78 is 0. The molecule has 160 valence electrons. The minimum Gasteiger partial charge on any atom is -0.353 e. The smallest absolute Gasteiger partial charge is 0.325 e. The highest BCUT2D eigenvalue weighted by Gasteiger charge is 2.56. The van der Waals surface area contributed by atoms with E-state index in [0.717, 1.165) is 16.9 Å². The summed E-state index contributed by atoms with van der Waals surface area (Å²) in [5.74, 6) is -0.361.